The van der Waals surface area contributed by atoms with Crippen LogP contribution in [0.1, 0.15) is 42.9 Å². The van der Waals surface area contributed by atoms with Crippen LogP contribution in [0.5, 0.6) is 11.5 Å². The minimum atomic E-state index is -0.774. The number of para-hydroxylation sites is 1. The highest BCUT2D eigenvalue weighted by molar-refractivity contribution is 6.46. The van der Waals surface area contributed by atoms with Gasteiger partial charge in [-0.1, -0.05) is 36.6 Å². The Hall–Kier alpha value is -2.99. The lowest BCUT2D eigenvalue weighted by Gasteiger charge is -2.31. The molecule has 0 aromatic heterocycles. The highest BCUT2D eigenvalue weighted by atomic mass is 35.5. The lowest BCUT2D eigenvalue weighted by atomic mass is 9.93. The minimum absolute atomic E-state index is 0.0470. The van der Waals surface area contributed by atoms with E-state index in [9.17, 15) is 14.7 Å². The molecule has 2 aromatic rings. The quantitative estimate of drug-likeness (QED) is 0.412. The number of Topliss-reactive ketones (excluding diaryl/α,β-unsaturated/α-hetero) is 1. The molecule has 7 heteroatoms. The molecular weight excluding hydrogens is 418 g/mol. The number of likely N-dealkylation sites (tertiary alicyclic amines) is 1. The van der Waals surface area contributed by atoms with Crippen molar-refractivity contribution in [2.24, 2.45) is 0 Å². The number of amides is 1. The van der Waals surface area contributed by atoms with Gasteiger partial charge in [0.15, 0.2) is 11.5 Å². The number of aliphatic hydroxyl groups is 1. The minimum Gasteiger partial charge on any atom is -0.507 e. The predicted octanol–water partition coefficient (Wildman–Crippen LogP) is 4.72. The van der Waals surface area contributed by atoms with Crippen LogP contribution in [0.3, 0.4) is 0 Å². The van der Waals surface area contributed by atoms with Crippen molar-refractivity contribution in [3.63, 3.8) is 0 Å². The van der Waals surface area contributed by atoms with Gasteiger partial charge in [0, 0.05) is 22.2 Å². The number of ether oxygens (including phenoxy) is 2. The van der Waals surface area contributed by atoms with Crippen LogP contribution in [0.4, 0.5) is 0 Å². The van der Waals surface area contributed by atoms with Gasteiger partial charge in [0.05, 0.1) is 25.8 Å². The van der Waals surface area contributed by atoms with Gasteiger partial charge in [0.1, 0.15) is 5.76 Å². The van der Waals surface area contributed by atoms with E-state index in [0.29, 0.717) is 27.6 Å². The highest BCUT2D eigenvalue weighted by Crippen LogP contribution is 2.47. The number of benzene rings is 2. The molecule has 2 aliphatic rings. The summed E-state index contributed by atoms with van der Waals surface area (Å²) in [6.45, 7) is 0. The summed E-state index contributed by atoms with van der Waals surface area (Å²) in [5.41, 5.74) is 1.06. The molecule has 4 rings (SSSR count). The zero-order valence-electron chi connectivity index (χ0n) is 17.4. The van der Waals surface area contributed by atoms with Gasteiger partial charge in [-0.3, -0.25) is 9.59 Å². The standard InChI is InChI=1S/C24H24ClNO5/c1-30-18-9-5-8-17(23(18)31-2)20-19(21(27)14-10-12-15(25)13-11-14)22(28)24(29)26(20)16-6-3-4-7-16/h5,8-13,16,20,27H,3-4,6-7H2,1-2H3/b21-19-. The number of carbonyl (C=O) groups excluding carboxylic acids is 2. The summed E-state index contributed by atoms with van der Waals surface area (Å²) in [6, 6.07) is 11.0. The van der Waals surface area contributed by atoms with E-state index in [1.165, 1.54) is 14.2 Å². The summed E-state index contributed by atoms with van der Waals surface area (Å²) in [7, 11) is 3.05. The van der Waals surface area contributed by atoms with Gasteiger partial charge < -0.3 is 19.5 Å². The molecule has 0 bridgehead atoms. The van der Waals surface area contributed by atoms with Gasteiger partial charge in [0.2, 0.25) is 0 Å². The van der Waals surface area contributed by atoms with Crippen LogP contribution in [-0.4, -0.2) is 42.0 Å². The fourth-order valence-electron chi connectivity index (χ4n) is 4.61. The average molecular weight is 442 g/mol. The Morgan fingerprint density at radius 1 is 1.03 bits per heavy atom. The van der Waals surface area contributed by atoms with Crippen LogP contribution in [-0.2, 0) is 9.59 Å². The SMILES string of the molecule is COc1cccc(C2/C(=C(/O)c3ccc(Cl)cc3)C(=O)C(=O)N2C2CCCC2)c1OC. The normalized spacial score (nSPS) is 21.0. The molecule has 162 valence electrons. The Kier molecular flexibility index (Phi) is 5.92. The van der Waals surface area contributed by atoms with Crippen LogP contribution in [0.2, 0.25) is 5.02 Å². The van der Waals surface area contributed by atoms with Gasteiger partial charge in [-0.2, -0.15) is 0 Å². The average Bonchev–Trinajstić information content (AvgIpc) is 3.40. The van der Waals surface area contributed by atoms with E-state index in [4.69, 9.17) is 21.1 Å². The maximum absolute atomic E-state index is 13.2. The first-order valence-corrected chi connectivity index (χ1v) is 10.6. The number of ketones is 1. The number of methoxy groups -OCH3 is 2. The molecule has 31 heavy (non-hydrogen) atoms. The molecule has 6 nitrogen and oxygen atoms in total. The molecule has 1 amide bonds. The summed E-state index contributed by atoms with van der Waals surface area (Å²) in [5.74, 6) is -0.609. The van der Waals surface area contributed by atoms with Crippen LogP contribution in [0, 0.1) is 0 Å². The van der Waals surface area contributed by atoms with Crippen molar-refractivity contribution >= 4 is 29.1 Å². The zero-order chi connectivity index (χ0) is 22.1. The summed E-state index contributed by atoms with van der Waals surface area (Å²) in [4.78, 5) is 28.0. The smallest absolute Gasteiger partial charge is 0.295 e. The number of aliphatic hydroxyl groups excluding tert-OH is 1. The van der Waals surface area contributed by atoms with Crippen molar-refractivity contribution in [1.82, 2.24) is 4.90 Å². The van der Waals surface area contributed by atoms with E-state index in [-0.39, 0.29) is 17.4 Å². The van der Waals surface area contributed by atoms with E-state index < -0.39 is 17.7 Å². The third-order valence-electron chi connectivity index (χ3n) is 6.04. The maximum Gasteiger partial charge on any atom is 0.295 e. The maximum atomic E-state index is 13.2. The third kappa shape index (κ3) is 3.65. The lowest BCUT2D eigenvalue weighted by Crippen LogP contribution is -2.37. The van der Waals surface area contributed by atoms with Crippen molar-refractivity contribution in [3.05, 3.63) is 64.2 Å². The van der Waals surface area contributed by atoms with Crippen molar-refractivity contribution in [2.75, 3.05) is 14.2 Å². The Morgan fingerprint density at radius 2 is 1.71 bits per heavy atom. The van der Waals surface area contributed by atoms with Crippen LogP contribution in [0.15, 0.2) is 48.0 Å². The van der Waals surface area contributed by atoms with Gasteiger partial charge in [-0.15, -0.1) is 0 Å². The van der Waals surface area contributed by atoms with Gasteiger partial charge in [0.25, 0.3) is 11.7 Å². The van der Waals surface area contributed by atoms with Crippen molar-refractivity contribution < 1.29 is 24.2 Å². The predicted molar refractivity (Wildman–Crippen MR) is 117 cm³/mol. The van der Waals surface area contributed by atoms with Crippen molar-refractivity contribution in [3.8, 4) is 11.5 Å². The second-order valence-electron chi connectivity index (χ2n) is 7.73. The molecule has 1 atom stereocenters. The Labute approximate surface area is 186 Å². The molecule has 1 unspecified atom stereocenters. The third-order valence-corrected chi connectivity index (χ3v) is 6.30. The molecule has 2 aromatic carbocycles. The molecule has 2 fully saturated rings. The molecule has 0 radical (unpaired) electrons. The molecule has 1 saturated heterocycles. The van der Waals surface area contributed by atoms with Gasteiger partial charge in [-0.25, -0.2) is 0 Å². The van der Waals surface area contributed by atoms with E-state index in [1.807, 2.05) is 0 Å². The number of halogens is 1. The van der Waals surface area contributed by atoms with Crippen molar-refractivity contribution in [2.45, 2.75) is 37.8 Å². The number of nitrogens with zero attached hydrogens (tertiary/aromatic N) is 1. The van der Waals surface area contributed by atoms with E-state index in [1.54, 1.807) is 47.4 Å². The summed E-state index contributed by atoms with van der Waals surface area (Å²) >= 11 is 5.98. The second kappa shape index (κ2) is 8.63. The first-order chi connectivity index (χ1) is 15.0. The van der Waals surface area contributed by atoms with Crippen LogP contribution < -0.4 is 9.47 Å². The Bertz CT molecular complexity index is 1040. The van der Waals surface area contributed by atoms with E-state index in [2.05, 4.69) is 0 Å². The van der Waals surface area contributed by atoms with Crippen LogP contribution in [0.25, 0.3) is 5.76 Å². The van der Waals surface area contributed by atoms with Crippen LogP contribution >= 0.6 is 11.6 Å². The summed E-state index contributed by atoms with van der Waals surface area (Å²) in [5, 5.41) is 11.7. The molecule has 1 saturated carbocycles. The monoisotopic (exact) mass is 441 g/mol. The fraction of sp³-hybridized carbons (Fsp3) is 0.333. The van der Waals surface area contributed by atoms with Gasteiger partial charge >= 0.3 is 0 Å². The molecule has 1 N–H and O–H groups in total. The topological polar surface area (TPSA) is 76.1 Å². The molecule has 0 spiro atoms. The van der Waals surface area contributed by atoms with E-state index in [0.717, 1.165) is 25.7 Å². The Balaban J connectivity index is 1.95. The summed E-state index contributed by atoms with van der Waals surface area (Å²) in [6.07, 6.45) is 3.62. The Morgan fingerprint density at radius 3 is 2.32 bits per heavy atom. The lowest BCUT2D eigenvalue weighted by molar-refractivity contribution is -0.141. The van der Waals surface area contributed by atoms with E-state index >= 15 is 0 Å². The molecule has 1 aliphatic carbocycles. The number of carbonyl (C=O) groups is 2. The zero-order valence-corrected chi connectivity index (χ0v) is 18.2. The second-order valence-corrected chi connectivity index (χ2v) is 8.17. The number of hydrogen-bond acceptors (Lipinski definition) is 5. The molecule has 1 heterocycles. The van der Waals surface area contributed by atoms with Crippen molar-refractivity contribution in [1.29, 1.82) is 0 Å². The summed E-state index contributed by atoms with van der Waals surface area (Å²) < 4.78 is 11.1. The fourth-order valence-corrected chi connectivity index (χ4v) is 4.73. The van der Waals surface area contributed by atoms with Gasteiger partial charge in [-0.05, 0) is 43.2 Å². The highest BCUT2D eigenvalue weighted by Gasteiger charge is 2.50. The first kappa shape index (κ1) is 21.2. The molecule has 1 aliphatic heterocycles. The number of hydrogen-bond donors (Lipinski definition) is 1. The molecular formula is C24H24ClNO5. The largest absolute Gasteiger partial charge is 0.507 e. The number of rotatable bonds is 5. The first-order valence-electron chi connectivity index (χ1n) is 10.2.